The fourth-order valence-electron chi connectivity index (χ4n) is 8.33. The number of nitrogens with zero attached hydrogens (tertiary/aromatic N) is 4. The van der Waals surface area contributed by atoms with Crippen LogP contribution in [0.1, 0.15) is 5.69 Å². The van der Waals surface area contributed by atoms with Gasteiger partial charge in [-0.05, 0) is 121 Å². The topological polar surface area (TPSA) is 51.6 Å². The molecule has 0 aliphatic carbocycles. The molecule has 4 nitrogen and oxygen atoms in total. The average Bonchev–Trinajstić information content (AvgIpc) is 3.30. The lowest BCUT2D eigenvalue weighted by atomic mass is 9.90. The lowest BCUT2D eigenvalue weighted by Crippen LogP contribution is -2.01. The molecule has 0 spiro atoms. The van der Waals surface area contributed by atoms with Gasteiger partial charge in [0.2, 0.25) is 0 Å². The molecule has 2 heterocycles. The molecular formula is C55H36N4. The van der Waals surface area contributed by atoms with Crippen LogP contribution < -0.4 is 0 Å². The largest absolute Gasteiger partial charge is 0.253 e. The number of pyridine rings is 1. The summed E-state index contributed by atoms with van der Waals surface area (Å²) >= 11 is 0. The quantitative estimate of drug-likeness (QED) is 0.159. The summed E-state index contributed by atoms with van der Waals surface area (Å²) in [5.41, 5.74) is 10.2. The smallest absolute Gasteiger partial charge is 0.164 e. The Bertz CT molecular complexity index is 3310. The van der Waals surface area contributed by atoms with Crippen LogP contribution in [0.3, 0.4) is 0 Å². The second-order valence-corrected chi connectivity index (χ2v) is 15.2. The van der Waals surface area contributed by atoms with E-state index in [1.54, 1.807) is 0 Å². The summed E-state index contributed by atoms with van der Waals surface area (Å²) in [6.45, 7) is 2.03. The second-order valence-electron chi connectivity index (χ2n) is 15.2. The van der Waals surface area contributed by atoms with Crippen molar-refractivity contribution >= 4 is 43.1 Å². The molecule has 0 saturated carbocycles. The Balaban J connectivity index is 1.15. The fourth-order valence-corrected chi connectivity index (χ4v) is 8.33. The van der Waals surface area contributed by atoms with Crippen molar-refractivity contribution in [3.05, 3.63) is 206 Å². The van der Waals surface area contributed by atoms with Crippen molar-refractivity contribution in [1.29, 1.82) is 0 Å². The number of rotatable bonds is 6. The molecule has 0 unspecified atom stereocenters. The predicted octanol–water partition coefficient (Wildman–Crippen LogP) is 14.2. The van der Waals surface area contributed by atoms with E-state index in [2.05, 4.69) is 194 Å². The molecule has 276 valence electrons. The van der Waals surface area contributed by atoms with Gasteiger partial charge in [-0.15, -0.1) is 0 Å². The van der Waals surface area contributed by atoms with E-state index in [-0.39, 0.29) is 0 Å². The fraction of sp³-hybridized carbons (Fsp3) is 0.0182. The lowest BCUT2D eigenvalue weighted by molar-refractivity contribution is 1.08. The molecule has 0 atom stereocenters. The van der Waals surface area contributed by atoms with E-state index in [0.29, 0.717) is 17.5 Å². The summed E-state index contributed by atoms with van der Waals surface area (Å²) in [5, 5.41) is 9.46. The number of aryl methyl sites for hydroxylation is 1. The van der Waals surface area contributed by atoms with Gasteiger partial charge in [0, 0.05) is 27.9 Å². The Morgan fingerprint density at radius 1 is 0.271 bits per heavy atom. The Morgan fingerprint density at radius 2 is 0.763 bits per heavy atom. The monoisotopic (exact) mass is 752 g/mol. The number of hydrogen-bond donors (Lipinski definition) is 0. The van der Waals surface area contributed by atoms with Gasteiger partial charge in [0.15, 0.2) is 17.5 Å². The maximum absolute atomic E-state index is 5.28. The van der Waals surface area contributed by atoms with Crippen LogP contribution in [0, 0.1) is 6.92 Å². The van der Waals surface area contributed by atoms with Crippen LogP contribution in [0.2, 0.25) is 0 Å². The first-order valence-corrected chi connectivity index (χ1v) is 19.9. The Labute approximate surface area is 342 Å². The van der Waals surface area contributed by atoms with Gasteiger partial charge in [-0.25, -0.2) is 15.0 Å². The summed E-state index contributed by atoms with van der Waals surface area (Å²) < 4.78 is 0. The number of fused-ring (bicyclic) bond motifs is 5. The Hall–Kier alpha value is -7.82. The van der Waals surface area contributed by atoms with E-state index in [9.17, 15) is 0 Å². The summed E-state index contributed by atoms with van der Waals surface area (Å²) in [6, 6.07) is 70.9. The third kappa shape index (κ3) is 6.47. The van der Waals surface area contributed by atoms with E-state index >= 15 is 0 Å². The zero-order valence-electron chi connectivity index (χ0n) is 32.3. The van der Waals surface area contributed by atoms with Crippen LogP contribution in [-0.2, 0) is 0 Å². The molecular weight excluding hydrogens is 717 g/mol. The second kappa shape index (κ2) is 14.3. The van der Waals surface area contributed by atoms with E-state index < -0.39 is 0 Å². The molecule has 9 aromatic carbocycles. The standard InChI is InChI=1S/C55H36N4/c1-35-11-10-20-52(56-35)39-25-21-38(22-26-39)45-31-46(51-34-42-16-6-7-17-48(42)49-18-8-9-19-50(49)51)33-47(32-45)55-58-53(43-27-23-36-12-2-4-14-40(36)29-43)57-54(59-55)44-28-24-37-13-3-5-15-41(37)30-44/h2-34H,1H3. The lowest BCUT2D eigenvalue weighted by Gasteiger charge is -2.15. The van der Waals surface area contributed by atoms with Crippen LogP contribution in [0.25, 0.3) is 111 Å². The zero-order chi connectivity index (χ0) is 39.3. The van der Waals surface area contributed by atoms with Gasteiger partial charge in [0.1, 0.15) is 0 Å². The SMILES string of the molecule is Cc1cccc(-c2ccc(-c3cc(-c4nc(-c5ccc6ccccc6c5)nc(-c5ccc6ccccc6c5)n4)cc(-c4cc5ccccc5c5ccccc45)c3)cc2)n1. The summed E-state index contributed by atoms with van der Waals surface area (Å²) in [7, 11) is 0. The highest BCUT2D eigenvalue weighted by atomic mass is 15.0. The highest BCUT2D eigenvalue weighted by Crippen LogP contribution is 2.39. The maximum Gasteiger partial charge on any atom is 0.164 e. The van der Waals surface area contributed by atoms with Gasteiger partial charge < -0.3 is 0 Å². The molecule has 0 bridgehead atoms. The molecule has 11 aromatic rings. The molecule has 2 aromatic heterocycles. The van der Waals surface area contributed by atoms with E-state index in [1.807, 2.05) is 13.0 Å². The van der Waals surface area contributed by atoms with Crippen LogP contribution in [0.4, 0.5) is 0 Å². The normalized spacial score (nSPS) is 11.5. The minimum Gasteiger partial charge on any atom is -0.253 e. The highest BCUT2D eigenvalue weighted by molar-refractivity contribution is 6.14. The highest BCUT2D eigenvalue weighted by Gasteiger charge is 2.17. The molecule has 0 aliphatic heterocycles. The van der Waals surface area contributed by atoms with Gasteiger partial charge in [-0.2, -0.15) is 0 Å². The molecule has 59 heavy (non-hydrogen) atoms. The van der Waals surface area contributed by atoms with Crippen LogP contribution in [0.15, 0.2) is 200 Å². The molecule has 0 aliphatic rings. The average molecular weight is 753 g/mol. The minimum absolute atomic E-state index is 0.611. The number of hydrogen-bond acceptors (Lipinski definition) is 4. The number of aromatic nitrogens is 4. The molecule has 4 heteroatoms. The molecule has 0 saturated heterocycles. The van der Waals surface area contributed by atoms with E-state index in [4.69, 9.17) is 19.9 Å². The van der Waals surface area contributed by atoms with Crippen molar-refractivity contribution in [2.45, 2.75) is 6.92 Å². The number of benzene rings is 9. The molecule has 0 amide bonds. The van der Waals surface area contributed by atoms with Gasteiger partial charge in [-0.1, -0.05) is 152 Å². The zero-order valence-corrected chi connectivity index (χ0v) is 32.3. The molecule has 0 N–H and O–H groups in total. The maximum atomic E-state index is 5.28. The van der Waals surface area contributed by atoms with Crippen LogP contribution in [-0.4, -0.2) is 19.9 Å². The Morgan fingerprint density at radius 3 is 1.41 bits per heavy atom. The van der Waals surface area contributed by atoms with Crippen LogP contribution >= 0.6 is 0 Å². The van der Waals surface area contributed by atoms with E-state index in [1.165, 1.54) is 32.3 Å². The third-order valence-electron chi connectivity index (χ3n) is 11.3. The van der Waals surface area contributed by atoms with Gasteiger partial charge >= 0.3 is 0 Å². The van der Waals surface area contributed by atoms with Crippen molar-refractivity contribution in [3.8, 4) is 67.7 Å². The minimum atomic E-state index is 0.611. The first-order valence-electron chi connectivity index (χ1n) is 19.9. The van der Waals surface area contributed by atoms with Gasteiger partial charge in [0.05, 0.1) is 5.69 Å². The first kappa shape index (κ1) is 34.4. The third-order valence-corrected chi connectivity index (χ3v) is 11.3. The molecule has 11 rings (SSSR count). The summed E-state index contributed by atoms with van der Waals surface area (Å²) in [5.74, 6) is 1.86. The van der Waals surface area contributed by atoms with Crippen molar-refractivity contribution < 1.29 is 0 Å². The van der Waals surface area contributed by atoms with Gasteiger partial charge in [0.25, 0.3) is 0 Å². The molecule has 0 radical (unpaired) electrons. The van der Waals surface area contributed by atoms with Crippen LogP contribution in [0.5, 0.6) is 0 Å². The van der Waals surface area contributed by atoms with E-state index in [0.717, 1.165) is 66.7 Å². The summed E-state index contributed by atoms with van der Waals surface area (Å²) in [4.78, 5) is 20.5. The van der Waals surface area contributed by atoms with Crippen molar-refractivity contribution in [1.82, 2.24) is 19.9 Å². The molecule has 0 fully saturated rings. The van der Waals surface area contributed by atoms with Crippen molar-refractivity contribution in [3.63, 3.8) is 0 Å². The Kier molecular flexibility index (Phi) is 8.34. The summed E-state index contributed by atoms with van der Waals surface area (Å²) in [6.07, 6.45) is 0. The van der Waals surface area contributed by atoms with Gasteiger partial charge in [-0.3, -0.25) is 4.98 Å². The van der Waals surface area contributed by atoms with Crippen molar-refractivity contribution in [2.75, 3.05) is 0 Å². The van der Waals surface area contributed by atoms with Crippen molar-refractivity contribution in [2.24, 2.45) is 0 Å². The predicted molar refractivity (Wildman–Crippen MR) is 245 cm³/mol. The first-order chi connectivity index (χ1) is 29.1.